The number of H-pyrrole nitrogens is 1. The zero-order valence-corrected chi connectivity index (χ0v) is 14.6. The molecule has 0 spiro atoms. The molecule has 1 aromatic carbocycles. The number of hydrogen-bond acceptors (Lipinski definition) is 5. The van der Waals surface area contributed by atoms with Gasteiger partial charge in [0, 0.05) is 31.4 Å². The van der Waals surface area contributed by atoms with Crippen LogP contribution in [0.3, 0.4) is 0 Å². The molecule has 0 radical (unpaired) electrons. The number of nitrogens with one attached hydrogen (secondary N) is 3. The van der Waals surface area contributed by atoms with E-state index in [1.807, 2.05) is 0 Å². The van der Waals surface area contributed by atoms with Crippen molar-refractivity contribution in [2.24, 2.45) is 5.92 Å². The van der Waals surface area contributed by atoms with E-state index in [9.17, 15) is 18.0 Å². The van der Waals surface area contributed by atoms with Crippen LogP contribution in [-0.2, 0) is 10.0 Å². The second-order valence-corrected chi connectivity index (χ2v) is 8.17. The molecular weight excluding hydrogens is 348 g/mol. The average molecular weight is 368 g/mol. The standard InChI is InChI=1S/C15H20N4O5S/c1-25(22,23)19-6-2-3-10(9-19)8-16-14(20)17-11-4-5-12-13(7-11)24-15(21)18-12/h4-5,7,10H,2-3,6,8-9H2,1H3,(H,18,21)(H2,16,17,20)/t10-/m0/s1. The molecule has 0 aliphatic carbocycles. The summed E-state index contributed by atoms with van der Waals surface area (Å²) in [4.78, 5) is 25.7. The van der Waals surface area contributed by atoms with Gasteiger partial charge in [0.05, 0.1) is 11.8 Å². The Kier molecular flexibility index (Phi) is 4.82. The monoisotopic (exact) mass is 368 g/mol. The Morgan fingerprint density at radius 2 is 2.24 bits per heavy atom. The van der Waals surface area contributed by atoms with Gasteiger partial charge in [-0.1, -0.05) is 0 Å². The number of aromatic nitrogens is 1. The maximum absolute atomic E-state index is 12.0. The second kappa shape index (κ2) is 6.89. The van der Waals surface area contributed by atoms with Crippen molar-refractivity contribution in [2.45, 2.75) is 12.8 Å². The van der Waals surface area contributed by atoms with Crippen LogP contribution in [0.1, 0.15) is 12.8 Å². The number of carbonyl (C=O) groups is 1. The van der Waals surface area contributed by atoms with Crippen molar-refractivity contribution < 1.29 is 17.6 Å². The Bertz CT molecular complexity index is 933. The van der Waals surface area contributed by atoms with Crippen LogP contribution in [0.25, 0.3) is 11.1 Å². The molecule has 1 atom stereocenters. The molecule has 2 aromatic rings. The Labute approximate surface area is 144 Å². The fraction of sp³-hybridized carbons (Fsp3) is 0.467. The van der Waals surface area contributed by atoms with E-state index < -0.39 is 21.8 Å². The number of carbonyl (C=O) groups excluding carboxylic acids is 1. The van der Waals surface area contributed by atoms with Crippen LogP contribution in [0.4, 0.5) is 10.5 Å². The maximum atomic E-state index is 12.0. The summed E-state index contributed by atoms with van der Waals surface area (Å²) >= 11 is 0. The first-order valence-electron chi connectivity index (χ1n) is 7.94. The Morgan fingerprint density at radius 1 is 1.44 bits per heavy atom. The van der Waals surface area contributed by atoms with Crippen molar-refractivity contribution in [3.05, 3.63) is 28.7 Å². The van der Waals surface area contributed by atoms with E-state index in [1.165, 1.54) is 10.6 Å². The molecule has 0 unspecified atom stereocenters. The summed E-state index contributed by atoms with van der Waals surface area (Å²) in [5.74, 6) is -0.469. The second-order valence-electron chi connectivity index (χ2n) is 6.19. The molecule has 0 saturated carbocycles. The summed E-state index contributed by atoms with van der Waals surface area (Å²) in [7, 11) is -3.20. The summed E-state index contributed by atoms with van der Waals surface area (Å²) in [5, 5.41) is 5.42. The van der Waals surface area contributed by atoms with E-state index in [2.05, 4.69) is 15.6 Å². The molecule has 1 saturated heterocycles. The van der Waals surface area contributed by atoms with Gasteiger partial charge < -0.3 is 15.1 Å². The lowest BCUT2D eigenvalue weighted by molar-refractivity contribution is 0.239. The van der Waals surface area contributed by atoms with E-state index in [4.69, 9.17) is 4.42 Å². The first-order chi connectivity index (χ1) is 11.8. The number of sulfonamides is 1. The maximum Gasteiger partial charge on any atom is 0.417 e. The van der Waals surface area contributed by atoms with Gasteiger partial charge in [-0.3, -0.25) is 4.98 Å². The number of aromatic amines is 1. The summed E-state index contributed by atoms with van der Waals surface area (Å²) in [6.07, 6.45) is 2.85. The molecule has 3 N–H and O–H groups in total. The lowest BCUT2D eigenvalue weighted by Crippen LogP contribution is -2.43. The van der Waals surface area contributed by atoms with Crippen molar-refractivity contribution in [1.29, 1.82) is 0 Å². The first kappa shape index (κ1) is 17.5. The summed E-state index contributed by atoms with van der Waals surface area (Å²) in [6.45, 7) is 1.34. The number of benzene rings is 1. The number of amides is 2. The Hall–Kier alpha value is -2.33. The Balaban J connectivity index is 1.54. The van der Waals surface area contributed by atoms with Gasteiger partial charge in [-0.2, -0.15) is 0 Å². The van der Waals surface area contributed by atoms with E-state index in [-0.39, 0.29) is 5.92 Å². The molecule has 1 fully saturated rings. The lowest BCUT2D eigenvalue weighted by atomic mass is 10.00. The SMILES string of the molecule is CS(=O)(=O)N1CCC[C@@H](CNC(=O)Nc2ccc3[nH]c(=O)oc3c2)C1. The summed E-state index contributed by atoms with van der Waals surface area (Å²) in [5.41, 5.74) is 1.41. The van der Waals surface area contributed by atoms with Crippen molar-refractivity contribution in [1.82, 2.24) is 14.6 Å². The minimum atomic E-state index is -3.20. The van der Waals surface area contributed by atoms with Gasteiger partial charge in [-0.25, -0.2) is 22.3 Å². The molecule has 0 bridgehead atoms. The van der Waals surface area contributed by atoms with Gasteiger partial charge in [0.2, 0.25) is 10.0 Å². The van der Waals surface area contributed by atoms with Crippen LogP contribution in [0.2, 0.25) is 0 Å². The van der Waals surface area contributed by atoms with E-state index in [1.54, 1.807) is 18.2 Å². The number of fused-ring (bicyclic) bond motifs is 1. The van der Waals surface area contributed by atoms with Crippen LogP contribution in [-0.4, -0.2) is 49.6 Å². The van der Waals surface area contributed by atoms with Crippen LogP contribution in [0, 0.1) is 5.92 Å². The van der Waals surface area contributed by atoms with Crippen molar-refractivity contribution >= 4 is 32.8 Å². The predicted molar refractivity (Wildman–Crippen MR) is 93.0 cm³/mol. The number of rotatable bonds is 4. The highest BCUT2D eigenvalue weighted by molar-refractivity contribution is 7.88. The van der Waals surface area contributed by atoms with Gasteiger partial charge in [-0.05, 0) is 30.9 Å². The molecule has 1 aromatic heterocycles. The van der Waals surface area contributed by atoms with Crippen molar-refractivity contribution in [3.8, 4) is 0 Å². The molecule has 1 aliphatic rings. The van der Waals surface area contributed by atoms with Gasteiger partial charge in [0.25, 0.3) is 0 Å². The summed E-state index contributed by atoms with van der Waals surface area (Å²) < 4.78 is 29.6. The van der Waals surface area contributed by atoms with Gasteiger partial charge in [0.1, 0.15) is 0 Å². The first-order valence-corrected chi connectivity index (χ1v) is 9.79. The largest absolute Gasteiger partial charge is 0.417 e. The fourth-order valence-corrected chi connectivity index (χ4v) is 3.87. The molecule has 136 valence electrons. The van der Waals surface area contributed by atoms with Crippen LogP contribution in [0.5, 0.6) is 0 Å². The van der Waals surface area contributed by atoms with E-state index in [0.29, 0.717) is 36.4 Å². The molecule has 3 rings (SSSR count). The van der Waals surface area contributed by atoms with Gasteiger partial charge in [-0.15, -0.1) is 0 Å². The molecule has 9 nitrogen and oxygen atoms in total. The number of urea groups is 1. The number of piperidine rings is 1. The molecule has 25 heavy (non-hydrogen) atoms. The minimum absolute atomic E-state index is 0.0828. The third-order valence-electron chi connectivity index (χ3n) is 4.18. The van der Waals surface area contributed by atoms with Crippen LogP contribution < -0.4 is 16.4 Å². The lowest BCUT2D eigenvalue weighted by Gasteiger charge is -2.30. The van der Waals surface area contributed by atoms with Gasteiger partial charge in [0.15, 0.2) is 5.58 Å². The molecular formula is C15H20N4O5S. The molecule has 2 heterocycles. The van der Waals surface area contributed by atoms with E-state index in [0.717, 1.165) is 12.8 Å². The summed E-state index contributed by atoms with van der Waals surface area (Å²) in [6, 6.07) is 4.45. The Morgan fingerprint density at radius 3 is 3.00 bits per heavy atom. The third kappa shape index (κ3) is 4.40. The number of anilines is 1. The highest BCUT2D eigenvalue weighted by atomic mass is 32.2. The van der Waals surface area contributed by atoms with Crippen molar-refractivity contribution in [2.75, 3.05) is 31.2 Å². The smallest absolute Gasteiger partial charge is 0.408 e. The van der Waals surface area contributed by atoms with Crippen LogP contribution >= 0.6 is 0 Å². The molecule has 1 aliphatic heterocycles. The highest BCUT2D eigenvalue weighted by Gasteiger charge is 2.25. The number of oxazole rings is 1. The fourth-order valence-electron chi connectivity index (χ4n) is 2.93. The van der Waals surface area contributed by atoms with Crippen LogP contribution in [0.15, 0.2) is 27.4 Å². The van der Waals surface area contributed by atoms with Gasteiger partial charge >= 0.3 is 11.8 Å². The number of hydrogen-bond donors (Lipinski definition) is 3. The van der Waals surface area contributed by atoms with Crippen molar-refractivity contribution in [3.63, 3.8) is 0 Å². The zero-order chi connectivity index (χ0) is 18.0. The predicted octanol–water partition coefficient (Wildman–Crippen LogP) is 0.914. The van der Waals surface area contributed by atoms with E-state index >= 15 is 0 Å². The highest BCUT2D eigenvalue weighted by Crippen LogP contribution is 2.18. The molecule has 10 heteroatoms. The minimum Gasteiger partial charge on any atom is -0.408 e. The topological polar surface area (TPSA) is 125 Å². The number of nitrogens with zero attached hydrogens (tertiary/aromatic N) is 1. The molecule has 2 amide bonds. The quantitative estimate of drug-likeness (QED) is 0.740. The zero-order valence-electron chi connectivity index (χ0n) is 13.7. The third-order valence-corrected chi connectivity index (χ3v) is 5.45. The normalized spacial score (nSPS) is 19.0. The average Bonchev–Trinajstić information content (AvgIpc) is 2.92.